The molecule has 2 aliphatic rings. The maximum Gasteiger partial charge on any atom is 0.379 e. The van der Waals surface area contributed by atoms with Crippen LogP contribution in [0, 0.1) is 11.3 Å². The van der Waals surface area contributed by atoms with E-state index in [9.17, 15) is 28.0 Å². The number of anilines is 2. The van der Waals surface area contributed by atoms with Gasteiger partial charge in [0.1, 0.15) is 17.5 Å². The number of fused-ring (bicyclic) bond motifs is 1. The maximum atomic E-state index is 13.3. The van der Waals surface area contributed by atoms with Crippen LogP contribution in [0.15, 0.2) is 48.7 Å². The Morgan fingerprint density at radius 2 is 1.79 bits per heavy atom. The summed E-state index contributed by atoms with van der Waals surface area (Å²) in [6.07, 6.45) is 3.95. The first-order valence-electron chi connectivity index (χ1n) is 12.1. The number of nitrogens with one attached hydrogen (secondary N) is 1. The SMILES string of the molecule is CC.COc1ccc(C(=O)Nc2cnn3c2C(=O)N(c2ccc(C4CC4)cc2)CC3)cc1C#N.FC(F)F. The Morgan fingerprint density at radius 3 is 2.37 bits per heavy atom. The Kier molecular flexibility index (Phi) is 9.49. The monoisotopic (exact) mass is 527 g/mol. The molecule has 0 saturated heterocycles. The summed E-state index contributed by atoms with van der Waals surface area (Å²) in [4.78, 5) is 27.8. The average Bonchev–Trinajstić information content (AvgIpc) is 3.70. The number of alkyl halides is 3. The van der Waals surface area contributed by atoms with Crippen LogP contribution >= 0.6 is 0 Å². The number of rotatable bonds is 5. The third kappa shape index (κ3) is 6.51. The van der Waals surface area contributed by atoms with Crippen LogP contribution in [0.5, 0.6) is 5.75 Å². The lowest BCUT2D eigenvalue weighted by Gasteiger charge is -2.28. The molecule has 200 valence electrons. The molecule has 1 aromatic heterocycles. The van der Waals surface area contributed by atoms with E-state index in [-0.39, 0.29) is 17.0 Å². The molecule has 0 unspecified atom stereocenters. The summed E-state index contributed by atoms with van der Waals surface area (Å²) in [5.41, 5.74) is 3.37. The fraction of sp³-hybridized carbons (Fsp3) is 0.333. The quantitative estimate of drug-likeness (QED) is 0.455. The van der Waals surface area contributed by atoms with Gasteiger partial charge in [0.05, 0.1) is 31.1 Å². The highest BCUT2D eigenvalue weighted by Crippen LogP contribution is 2.40. The number of halogens is 3. The van der Waals surface area contributed by atoms with E-state index in [1.165, 1.54) is 37.8 Å². The van der Waals surface area contributed by atoms with Gasteiger partial charge >= 0.3 is 6.68 Å². The Balaban J connectivity index is 0.000000612. The Labute approximate surface area is 218 Å². The number of amides is 2. The van der Waals surface area contributed by atoms with E-state index in [0.29, 0.717) is 36.1 Å². The van der Waals surface area contributed by atoms with Crippen molar-refractivity contribution < 1.29 is 27.5 Å². The fourth-order valence-corrected chi connectivity index (χ4v) is 4.02. The van der Waals surface area contributed by atoms with Crippen LogP contribution in [-0.2, 0) is 6.54 Å². The molecular weight excluding hydrogens is 499 g/mol. The molecule has 2 aromatic carbocycles. The number of carbonyl (C=O) groups is 2. The van der Waals surface area contributed by atoms with Gasteiger partial charge in [-0.1, -0.05) is 26.0 Å². The van der Waals surface area contributed by atoms with Crippen molar-refractivity contribution in [1.29, 1.82) is 5.26 Å². The number of aromatic nitrogens is 2. The molecule has 11 heteroatoms. The first kappa shape index (κ1) is 28.2. The van der Waals surface area contributed by atoms with E-state index in [1.807, 2.05) is 32.0 Å². The number of hydrogen-bond acceptors (Lipinski definition) is 5. The summed E-state index contributed by atoms with van der Waals surface area (Å²) in [6, 6.07) is 14.8. The summed E-state index contributed by atoms with van der Waals surface area (Å²) in [5.74, 6) is 0.406. The zero-order chi connectivity index (χ0) is 27.8. The molecule has 8 nitrogen and oxygen atoms in total. The average molecular weight is 528 g/mol. The highest BCUT2D eigenvalue weighted by Gasteiger charge is 2.31. The van der Waals surface area contributed by atoms with Crippen molar-refractivity contribution in [2.45, 2.75) is 45.8 Å². The van der Waals surface area contributed by atoms with Gasteiger partial charge in [0.25, 0.3) is 11.8 Å². The van der Waals surface area contributed by atoms with E-state index in [2.05, 4.69) is 22.5 Å². The van der Waals surface area contributed by atoms with Crippen LogP contribution in [0.4, 0.5) is 24.5 Å². The largest absolute Gasteiger partial charge is 0.495 e. The van der Waals surface area contributed by atoms with Crippen LogP contribution in [0.3, 0.4) is 0 Å². The topological polar surface area (TPSA) is 100 Å². The second-order valence-corrected chi connectivity index (χ2v) is 8.18. The van der Waals surface area contributed by atoms with Crippen molar-refractivity contribution in [2.75, 3.05) is 23.9 Å². The van der Waals surface area contributed by atoms with Crippen molar-refractivity contribution in [3.05, 3.63) is 71.0 Å². The fourth-order valence-electron chi connectivity index (χ4n) is 4.02. The minimum Gasteiger partial charge on any atom is -0.495 e. The molecule has 0 bridgehead atoms. The third-order valence-corrected chi connectivity index (χ3v) is 5.91. The molecule has 1 aliphatic heterocycles. The Morgan fingerprint density at radius 1 is 1.13 bits per heavy atom. The van der Waals surface area contributed by atoms with Gasteiger partial charge in [-0.05, 0) is 54.7 Å². The second kappa shape index (κ2) is 12.8. The summed E-state index contributed by atoms with van der Waals surface area (Å²) in [6.45, 7) is 1.37. The van der Waals surface area contributed by atoms with Crippen LogP contribution in [-0.4, -0.2) is 41.9 Å². The second-order valence-electron chi connectivity index (χ2n) is 8.18. The molecule has 0 spiro atoms. The van der Waals surface area contributed by atoms with Crippen LogP contribution in [0.25, 0.3) is 0 Å². The lowest BCUT2D eigenvalue weighted by Crippen LogP contribution is -2.41. The minimum atomic E-state index is -3.67. The molecule has 0 atom stereocenters. The first-order chi connectivity index (χ1) is 18.3. The van der Waals surface area contributed by atoms with Crippen molar-refractivity contribution in [1.82, 2.24) is 9.78 Å². The lowest BCUT2D eigenvalue weighted by atomic mass is 10.1. The summed E-state index contributed by atoms with van der Waals surface area (Å²) >= 11 is 0. The molecule has 5 rings (SSSR count). The van der Waals surface area contributed by atoms with Crippen LogP contribution < -0.4 is 15.0 Å². The van der Waals surface area contributed by atoms with Gasteiger partial charge in [-0.2, -0.15) is 23.5 Å². The van der Waals surface area contributed by atoms with Crippen molar-refractivity contribution >= 4 is 23.2 Å². The number of ether oxygens (including phenoxy) is 1. The standard InChI is InChI=1S/C24H21N5O3.C2H6.CHF3/c1-32-21-9-6-17(12-18(21)13-25)23(30)27-20-14-26-29-11-10-28(24(31)22(20)29)19-7-4-16(5-8-19)15-2-3-15;1-2;2-1(3)4/h4-9,12,14-15H,2-3,10-11H2,1H3,(H,27,30);1-2H3;1H. The molecule has 2 heterocycles. The van der Waals surface area contributed by atoms with Crippen molar-refractivity contribution in [3.63, 3.8) is 0 Å². The van der Waals surface area contributed by atoms with Crippen molar-refractivity contribution in [3.8, 4) is 11.8 Å². The molecule has 3 aromatic rings. The van der Waals surface area contributed by atoms with Crippen LogP contribution in [0.1, 0.15) is 64.6 Å². The van der Waals surface area contributed by atoms with Gasteiger partial charge in [0.2, 0.25) is 0 Å². The predicted octanol–water partition coefficient (Wildman–Crippen LogP) is 5.76. The van der Waals surface area contributed by atoms with Gasteiger partial charge in [-0.3, -0.25) is 14.3 Å². The summed E-state index contributed by atoms with van der Waals surface area (Å²) < 4.78 is 35.7. The Hall–Kier alpha value is -4.33. The van der Waals surface area contributed by atoms with E-state index >= 15 is 0 Å². The lowest BCUT2D eigenvalue weighted by molar-refractivity contribution is 0.00817. The molecule has 38 heavy (non-hydrogen) atoms. The maximum absolute atomic E-state index is 13.3. The van der Waals surface area contributed by atoms with Gasteiger partial charge in [0.15, 0.2) is 0 Å². The number of carbonyl (C=O) groups excluding carboxylic acids is 2. The first-order valence-corrected chi connectivity index (χ1v) is 12.1. The number of nitrogens with zero attached hydrogens (tertiary/aromatic N) is 4. The molecule has 2 amide bonds. The van der Waals surface area contributed by atoms with Gasteiger partial charge in [0, 0.05) is 17.8 Å². The van der Waals surface area contributed by atoms with E-state index in [1.54, 1.807) is 21.7 Å². The number of hydrogen-bond donors (Lipinski definition) is 1. The van der Waals surface area contributed by atoms with Gasteiger partial charge < -0.3 is 15.0 Å². The minimum absolute atomic E-state index is 0.212. The highest BCUT2D eigenvalue weighted by molar-refractivity contribution is 6.13. The molecule has 0 radical (unpaired) electrons. The number of nitriles is 1. The third-order valence-electron chi connectivity index (χ3n) is 5.91. The molecule has 1 fully saturated rings. The van der Waals surface area contributed by atoms with Gasteiger partial charge in [-0.15, -0.1) is 0 Å². The molecule has 1 N–H and O–H groups in total. The molecular formula is C27H28F3N5O3. The van der Waals surface area contributed by atoms with Crippen LogP contribution in [0.2, 0.25) is 0 Å². The van der Waals surface area contributed by atoms with Crippen molar-refractivity contribution in [2.24, 2.45) is 0 Å². The van der Waals surface area contributed by atoms with Gasteiger partial charge in [-0.25, -0.2) is 0 Å². The molecule has 1 aliphatic carbocycles. The normalized spacial score (nSPS) is 13.8. The number of methoxy groups -OCH3 is 1. The summed E-state index contributed by atoms with van der Waals surface area (Å²) in [7, 11) is 1.46. The zero-order valence-corrected chi connectivity index (χ0v) is 21.2. The van der Waals surface area contributed by atoms with E-state index < -0.39 is 12.6 Å². The van der Waals surface area contributed by atoms with E-state index in [0.717, 1.165) is 5.69 Å². The van der Waals surface area contributed by atoms with E-state index in [4.69, 9.17) is 4.74 Å². The number of benzene rings is 2. The smallest absolute Gasteiger partial charge is 0.379 e. The Bertz CT molecular complexity index is 1310. The predicted molar refractivity (Wildman–Crippen MR) is 136 cm³/mol. The summed E-state index contributed by atoms with van der Waals surface area (Å²) in [5, 5.41) is 16.3. The molecule has 1 saturated carbocycles. The highest BCUT2D eigenvalue weighted by atomic mass is 19.4. The zero-order valence-electron chi connectivity index (χ0n) is 21.2.